The summed E-state index contributed by atoms with van der Waals surface area (Å²) < 4.78 is 11.8. The van der Waals surface area contributed by atoms with Crippen molar-refractivity contribution in [2.75, 3.05) is 18.1 Å². The molecule has 0 atom stereocenters. The third-order valence-electron chi connectivity index (χ3n) is 4.26. The van der Waals surface area contributed by atoms with Gasteiger partial charge in [-0.2, -0.15) is 0 Å². The fourth-order valence-electron chi connectivity index (χ4n) is 2.91. The Balaban J connectivity index is 2.64. The van der Waals surface area contributed by atoms with Crippen LogP contribution < -0.4 is 14.4 Å². The fraction of sp³-hybridized carbons (Fsp3) is 0.588. The summed E-state index contributed by atoms with van der Waals surface area (Å²) in [7, 11) is 0. The molecule has 2 rings (SSSR count). The maximum Gasteiger partial charge on any atom is 0.271 e. The van der Waals surface area contributed by atoms with Gasteiger partial charge in [0.2, 0.25) is 0 Å². The van der Waals surface area contributed by atoms with E-state index in [1.807, 2.05) is 27.7 Å². The molecule has 0 aliphatic carbocycles. The molecule has 1 N–H and O–H groups in total. The summed E-state index contributed by atoms with van der Waals surface area (Å²) in [4.78, 5) is 14.6. The molecule has 1 aliphatic rings. The number of likely N-dealkylation sites (N-methyl/N-ethyl adjacent to an activating group) is 1. The molecule has 0 saturated heterocycles. The Morgan fingerprint density at radius 2 is 1.91 bits per heavy atom. The average molecular weight is 307 g/mol. The molecule has 1 amide bonds. The standard InChI is InChI=1S/C17H25NO4/c1-5-17(6-2)16(20)18(7-3)13-9-12(11-19)10-14(21-8-4)15(13)22-17/h9-10,19H,5-8,11H2,1-4H3. The second-order valence-corrected chi connectivity index (χ2v) is 5.39. The van der Waals surface area contributed by atoms with E-state index in [0.717, 1.165) is 0 Å². The highest BCUT2D eigenvalue weighted by atomic mass is 16.5. The SMILES string of the molecule is CCOc1cc(CO)cc2c1OC(CC)(CC)C(=O)N2CC. The van der Waals surface area contributed by atoms with Crippen molar-refractivity contribution in [2.45, 2.75) is 52.7 Å². The van der Waals surface area contributed by atoms with Crippen molar-refractivity contribution in [3.63, 3.8) is 0 Å². The molecule has 1 aromatic carbocycles. The number of rotatable bonds is 6. The number of ether oxygens (including phenoxy) is 2. The molecule has 5 heteroatoms. The minimum absolute atomic E-state index is 0.0231. The Kier molecular flexibility index (Phi) is 4.96. The third kappa shape index (κ3) is 2.54. The number of anilines is 1. The van der Waals surface area contributed by atoms with Gasteiger partial charge in [0.25, 0.3) is 5.91 Å². The average Bonchev–Trinajstić information content (AvgIpc) is 2.54. The van der Waals surface area contributed by atoms with Gasteiger partial charge in [0.15, 0.2) is 17.1 Å². The molecule has 1 aromatic rings. The normalized spacial score (nSPS) is 16.2. The van der Waals surface area contributed by atoms with Gasteiger partial charge in [-0.3, -0.25) is 4.79 Å². The molecular formula is C17H25NO4. The van der Waals surface area contributed by atoms with Gasteiger partial charge in [-0.15, -0.1) is 0 Å². The molecule has 1 aliphatic heterocycles. The van der Waals surface area contributed by atoms with Gasteiger partial charge >= 0.3 is 0 Å². The first-order valence-electron chi connectivity index (χ1n) is 7.98. The van der Waals surface area contributed by atoms with Gasteiger partial charge in [0, 0.05) is 6.54 Å². The van der Waals surface area contributed by atoms with Crippen molar-refractivity contribution in [3.8, 4) is 11.5 Å². The first-order valence-corrected chi connectivity index (χ1v) is 7.98. The zero-order valence-corrected chi connectivity index (χ0v) is 13.8. The van der Waals surface area contributed by atoms with Crippen LogP contribution in [0.3, 0.4) is 0 Å². The van der Waals surface area contributed by atoms with Crippen LogP contribution in [0, 0.1) is 0 Å². The molecule has 0 unspecified atom stereocenters. The van der Waals surface area contributed by atoms with Gasteiger partial charge in [-0.1, -0.05) is 13.8 Å². The van der Waals surface area contributed by atoms with Crippen molar-refractivity contribution in [1.29, 1.82) is 0 Å². The maximum atomic E-state index is 12.9. The summed E-state index contributed by atoms with van der Waals surface area (Å²) >= 11 is 0. The van der Waals surface area contributed by atoms with E-state index < -0.39 is 5.60 Å². The second-order valence-electron chi connectivity index (χ2n) is 5.39. The Morgan fingerprint density at radius 3 is 2.41 bits per heavy atom. The molecular weight excluding hydrogens is 282 g/mol. The molecule has 0 spiro atoms. The molecule has 0 radical (unpaired) electrons. The van der Waals surface area contributed by atoms with Crippen LogP contribution in [0.25, 0.3) is 0 Å². The van der Waals surface area contributed by atoms with Crippen molar-refractivity contribution in [1.82, 2.24) is 0 Å². The second kappa shape index (κ2) is 6.57. The first kappa shape index (κ1) is 16.6. The summed E-state index contributed by atoms with van der Waals surface area (Å²) in [6.45, 7) is 8.70. The lowest BCUT2D eigenvalue weighted by Crippen LogP contribution is -2.55. The number of carbonyl (C=O) groups excluding carboxylic acids is 1. The van der Waals surface area contributed by atoms with E-state index in [0.29, 0.717) is 48.7 Å². The highest BCUT2D eigenvalue weighted by Crippen LogP contribution is 2.47. The van der Waals surface area contributed by atoms with Gasteiger partial charge < -0.3 is 19.5 Å². The van der Waals surface area contributed by atoms with Crippen molar-refractivity contribution < 1.29 is 19.4 Å². The fourth-order valence-corrected chi connectivity index (χ4v) is 2.91. The predicted octanol–water partition coefficient (Wildman–Crippen LogP) is 2.88. The van der Waals surface area contributed by atoms with Gasteiger partial charge in [0.05, 0.1) is 18.9 Å². The Hall–Kier alpha value is -1.75. The zero-order valence-electron chi connectivity index (χ0n) is 13.8. The van der Waals surface area contributed by atoms with Crippen LogP contribution in [0.2, 0.25) is 0 Å². The molecule has 0 bridgehead atoms. The smallest absolute Gasteiger partial charge is 0.271 e. The van der Waals surface area contributed by atoms with E-state index >= 15 is 0 Å². The largest absolute Gasteiger partial charge is 0.490 e. The molecule has 1 heterocycles. The minimum Gasteiger partial charge on any atom is -0.490 e. The molecule has 122 valence electrons. The lowest BCUT2D eigenvalue weighted by molar-refractivity contribution is -0.136. The summed E-state index contributed by atoms with van der Waals surface area (Å²) in [6, 6.07) is 3.58. The molecule has 5 nitrogen and oxygen atoms in total. The van der Waals surface area contributed by atoms with Crippen LogP contribution in [0.15, 0.2) is 12.1 Å². The van der Waals surface area contributed by atoms with Crippen LogP contribution >= 0.6 is 0 Å². The molecule has 22 heavy (non-hydrogen) atoms. The number of fused-ring (bicyclic) bond motifs is 1. The topological polar surface area (TPSA) is 59.0 Å². The van der Waals surface area contributed by atoms with Crippen LogP contribution in [0.4, 0.5) is 5.69 Å². The van der Waals surface area contributed by atoms with Gasteiger partial charge in [0.1, 0.15) is 0 Å². The Labute approximate surface area is 131 Å². The van der Waals surface area contributed by atoms with Gasteiger partial charge in [-0.05, 0) is 44.4 Å². The van der Waals surface area contributed by atoms with Crippen LogP contribution in [-0.4, -0.2) is 29.8 Å². The Bertz CT molecular complexity index is 552. The molecule has 0 saturated carbocycles. The van der Waals surface area contributed by atoms with Crippen LogP contribution in [0.5, 0.6) is 11.5 Å². The van der Waals surface area contributed by atoms with E-state index in [1.54, 1.807) is 17.0 Å². The highest BCUT2D eigenvalue weighted by molar-refractivity contribution is 6.03. The van der Waals surface area contributed by atoms with E-state index in [2.05, 4.69) is 0 Å². The number of amides is 1. The monoisotopic (exact) mass is 307 g/mol. The zero-order chi connectivity index (χ0) is 16.3. The maximum absolute atomic E-state index is 12.9. The quantitative estimate of drug-likeness (QED) is 0.878. The number of aliphatic hydroxyl groups excluding tert-OH is 1. The number of nitrogens with zero attached hydrogens (tertiary/aromatic N) is 1. The predicted molar refractivity (Wildman–Crippen MR) is 85.5 cm³/mol. The van der Waals surface area contributed by atoms with E-state index in [-0.39, 0.29) is 12.5 Å². The first-order chi connectivity index (χ1) is 10.6. The number of hydrogen-bond donors (Lipinski definition) is 1. The number of carbonyl (C=O) groups is 1. The van der Waals surface area contributed by atoms with E-state index in [4.69, 9.17) is 9.47 Å². The highest BCUT2D eigenvalue weighted by Gasteiger charge is 2.46. The molecule has 0 fully saturated rings. The van der Waals surface area contributed by atoms with Crippen LogP contribution in [0.1, 0.15) is 46.1 Å². The number of hydrogen-bond acceptors (Lipinski definition) is 4. The number of aliphatic hydroxyl groups is 1. The lowest BCUT2D eigenvalue weighted by atomic mass is 9.92. The summed E-state index contributed by atoms with van der Waals surface area (Å²) in [6.07, 6.45) is 1.21. The number of benzene rings is 1. The van der Waals surface area contributed by atoms with E-state index in [9.17, 15) is 9.90 Å². The van der Waals surface area contributed by atoms with Crippen molar-refractivity contribution >= 4 is 11.6 Å². The van der Waals surface area contributed by atoms with Crippen LogP contribution in [-0.2, 0) is 11.4 Å². The van der Waals surface area contributed by atoms with Crippen molar-refractivity contribution in [3.05, 3.63) is 17.7 Å². The van der Waals surface area contributed by atoms with Gasteiger partial charge in [-0.25, -0.2) is 0 Å². The third-order valence-corrected chi connectivity index (χ3v) is 4.26. The lowest BCUT2D eigenvalue weighted by Gasteiger charge is -2.42. The summed E-state index contributed by atoms with van der Waals surface area (Å²) in [5.41, 5.74) is 0.549. The minimum atomic E-state index is -0.838. The molecule has 0 aromatic heterocycles. The van der Waals surface area contributed by atoms with Crippen molar-refractivity contribution in [2.24, 2.45) is 0 Å². The Morgan fingerprint density at radius 1 is 1.23 bits per heavy atom. The summed E-state index contributed by atoms with van der Waals surface area (Å²) in [5.74, 6) is 1.16. The summed E-state index contributed by atoms with van der Waals surface area (Å²) in [5, 5.41) is 9.45. The van der Waals surface area contributed by atoms with E-state index in [1.165, 1.54) is 0 Å².